The molecule has 2 rings (SSSR count). The van der Waals surface area contributed by atoms with E-state index in [1.807, 2.05) is 6.92 Å². The Hall–Kier alpha value is -1.76. The van der Waals surface area contributed by atoms with E-state index in [9.17, 15) is 4.39 Å². The highest BCUT2D eigenvalue weighted by Gasteiger charge is 2.24. The van der Waals surface area contributed by atoms with E-state index in [2.05, 4.69) is 37.1 Å². The summed E-state index contributed by atoms with van der Waals surface area (Å²) < 4.78 is 13.9. The van der Waals surface area contributed by atoms with Crippen molar-refractivity contribution in [3.63, 3.8) is 0 Å². The molecule has 0 bridgehead atoms. The molecule has 0 saturated heterocycles. The number of thiophene rings is 1. The fraction of sp³-hybridized carbons (Fsp3) is 0.500. The van der Waals surface area contributed by atoms with Crippen molar-refractivity contribution in [3.8, 4) is 0 Å². The lowest BCUT2D eigenvalue weighted by atomic mass is 10.1. The second-order valence-corrected chi connectivity index (χ2v) is 6.31. The highest BCUT2D eigenvalue weighted by atomic mass is 32.1. The van der Waals surface area contributed by atoms with Crippen LogP contribution in [0.2, 0.25) is 0 Å². The van der Waals surface area contributed by atoms with Gasteiger partial charge >= 0.3 is 0 Å². The summed E-state index contributed by atoms with van der Waals surface area (Å²) in [5, 5.41) is 7.35. The zero-order chi connectivity index (χ0) is 15.5. The van der Waals surface area contributed by atoms with Crippen LogP contribution in [0.1, 0.15) is 38.6 Å². The van der Waals surface area contributed by atoms with Crippen LogP contribution in [-0.2, 0) is 12.1 Å². The van der Waals surface area contributed by atoms with Crippen LogP contribution < -0.4 is 11.1 Å². The van der Waals surface area contributed by atoms with E-state index in [-0.39, 0.29) is 17.8 Å². The van der Waals surface area contributed by atoms with Gasteiger partial charge in [0.25, 0.3) is 0 Å². The number of rotatable bonds is 6. The Kier molecular flexibility index (Phi) is 4.72. The first-order chi connectivity index (χ1) is 9.84. The van der Waals surface area contributed by atoms with E-state index < -0.39 is 5.67 Å². The maximum atomic E-state index is 13.9. The second-order valence-electron chi connectivity index (χ2n) is 5.53. The van der Waals surface area contributed by atoms with Gasteiger partial charge in [-0.25, -0.2) is 4.39 Å². The first kappa shape index (κ1) is 15.6. The van der Waals surface area contributed by atoms with Gasteiger partial charge in [0.1, 0.15) is 0 Å². The summed E-state index contributed by atoms with van der Waals surface area (Å²) in [5.41, 5.74) is 5.28. The van der Waals surface area contributed by atoms with Crippen LogP contribution in [0.25, 0.3) is 0 Å². The molecule has 0 fully saturated rings. The number of anilines is 2. The molecule has 114 valence electrons. The first-order valence-corrected chi connectivity index (χ1v) is 7.77. The molecular weight excluding hydrogens is 289 g/mol. The number of alkyl halides is 1. The predicted molar refractivity (Wildman–Crippen MR) is 84.1 cm³/mol. The summed E-state index contributed by atoms with van der Waals surface area (Å²) in [6.45, 7) is 4.82. The summed E-state index contributed by atoms with van der Waals surface area (Å²) in [5.74, 6) is 0.391. The van der Waals surface area contributed by atoms with Crippen molar-refractivity contribution in [1.29, 1.82) is 0 Å². The highest BCUT2D eigenvalue weighted by molar-refractivity contribution is 7.07. The van der Waals surface area contributed by atoms with Gasteiger partial charge in [-0.3, -0.25) is 0 Å². The zero-order valence-corrected chi connectivity index (χ0v) is 13.2. The van der Waals surface area contributed by atoms with Gasteiger partial charge in [-0.05, 0) is 56.0 Å². The van der Waals surface area contributed by atoms with Gasteiger partial charge in [-0.15, -0.1) is 0 Å². The number of nitrogens with zero attached hydrogens (tertiary/aromatic N) is 3. The summed E-state index contributed by atoms with van der Waals surface area (Å²) in [6.07, 6.45) is 1.90. The summed E-state index contributed by atoms with van der Waals surface area (Å²) in [4.78, 5) is 12.0. The van der Waals surface area contributed by atoms with Gasteiger partial charge in [-0.1, -0.05) is 0 Å². The number of nitrogens with two attached hydrogens (primary N) is 1. The van der Waals surface area contributed by atoms with Gasteiger partial charge in [0, 0.05) is 6.04 Å². The summed E-state index contributed by atoms with van der Waals surface area (Å²) in [7, 11) is 0. The minimum Gasteiger partial charge on any atom is -0.368 e. The van der Waals surface area contributed by atoms with Crippen molar-refractivity contribution in [2.45, 2.75) is 45.3 Å². The van der Waals surface area contributed by atoms with Crippen molar-refractivity contribution in [1.82, 2.24) is 15.0 Å². The first-order valence-electron chi connectivity index (χ1n) is 6.83. The van der Waals surface area contributed by atoms with Crippen LogP contribution in [-0.4, -0.2) is 21.0 Å². The van der Waals surface area contributed by atoms with Crippen molar-refractivity contribution in [2.75, 3.05) is 11.1 Å². The fourth-order valence-electron chi connectivity index (χ4n) is 1.83. The lowest BCUT2D eigenvalue weighted by Crippen LogP contribution is -2.22. The van der Waals surface area contributed by atoms with Gasteiger partial charge in [0.2, 0.25) is 11.9 Å². The van der Waals surface area contributed by atoms with E-state index in [4.69, 9.17) is 5.73 Å². The number of nitrogen functional groups attached to an aromatic ring is 1. The Labute approximate surface area is 127 Å². The van der Waals surface area contributed by atoms with Gasteiger partial charge in [-0.2, -0.15) is 26.3 Å². The monoisotopic (exact) mass is 309 g/mol. The van der Waals surface area contributed by atoms with Gasteiger partial charge in [0.05, 0.1) is 0 Å². The van der Waals surface area contributed by atoms with Crippen LogP contribution >= 0.6 is 11.3 Å². The van der Waals surface area contributed by atoms with E-state index in [1.165, 1.54) is 19.4 Å². The molecule has 0 aromatic carbocycles. The van der Waals surface area contributed by atoms with Crippen LogP contribution in [0.4, 0.5) is 16.3 Å². The maximum Gasteiger partial charge on any atom is 0.228 e. The number of nitrogens with one attached hydrogen (secondary N) is 1. The second kappa shape index (κ2) is 6.34. The van der Waals surface area contributed by atoms with Crippen molar-refractivity contribution < 1.29 is 4.39 Å². The average Bonchev–Trinajstić information content (AvgIpc) is 2.87. The molecule has 1 unspecified atom stereocenters. The third-order valence-electron chi connectivity index (χ3n) is 3.01. The molecule has 1 atom stereocenters. The summed E-state index contributed by atoms with van der Waals surface area (Å²) >= 11 is 1.69. The molecule has 7 heteroatoms. The van der Waals surface area contributed by atoms with Gasteiger partial charge < -0.3 is 11.1 Å². The van der Waals surface area contributed by atoms with Crippen LogP contribution in [0.15, 0.2) is 16.8 Å². The normalized spacial score (nSPS) is 13.1. The average molecular weight is 309 g/mol. The Morgan fingerprint density at radius 2 is 2.14 bits per heavy atom. The molecule has 0 amide bonds. The fourth-order valence-corrected chi connectivity index (χ4v) is 2.54. The lowest BCUT2D eigenvalue weighted by molar-refractivity contribution is 0.206. The smallest absolute Gasteiger partial charge is 0.228 e. The number of aryl methyl sites for hydroxylation is 1. The van der Waals surface area contributed by atoms with E-state index in [0.717, 1.165) is 12.8 Å². The largest absolute Gasteiger partial charge is 0.368 e. The molecule has 2 aromatic rings. The maximum absolute atomic E-state index is 13.9. The predicted octanol–water partition coefficient (Wildman–Crippen LogP) is 3.15. The number of aromatic nitrogens is 3. The number of hydrogen-bond acceptors (Lipinski definition) is 6. The minimum atomic E-state index is -1.65. The Morgan fingerprint density at radius 3 is 2.76 bits per heavy atom. The Morgan fingerprint density at radius 1 is 1.38 bits per heavy atom. The SMILES string of the molecule is CC(CCc1ccsc1)Nc1nc(N)nc(C(C)(C)F)n1. The minimum absolute atomic E-state index is 0.0262. The van der Waals surface area contributed by atoms with Crippen LogP contribution in [0.5, 0.6) is 0 Å². The highest BCUT2D eigenvalue weighted by Crippen LogP contribution is 2.22. The molecule has 0 aliphatic heterocycles. The van der Waals surface area contributed by atoms with E-state index >= 15 is 0 Å². The number of hydrogen-bond donors (Lipinski definition) is 2. The third kappa shape index (κ3) is 4.63. The standard InChI is InChI=1S/C14H20FN5S/c1-9(4-5-10-6-7-21-8-10)17-13-19-11(14(2,3)15)18-12(16)20-13/h6-9H,4-5H2,1-3H3,(H3,16,17,18,19,20). The van der Waals surface area contributed by atoms with Crippen molar-refractivity contribution >= 4 is 23.2 Å². The number of halogens is 1. The topological polar surface area (TPSA) is 76.7 Å². The van der Waals surface area contributed by atoms with Crippen molar-refractivity contribution in [2.24, 2.45) is 0 Å². The third-order valence-corrected chi connectivity index (χ3v) is 3.74. The molecule has 2 aromatic heterocycles. The zero-order valence-electron chi connectivity index (χ0n) is 12.4. The Balaban J connectivity index is 2.00. The molecule has 0 aliphatic rings. The molecular formula is C14H20FN5S. The summed E-state index contributed by atoms with van der Waals surface area (Å²) in [6, 6.07) is 2.27. The molecule has 0 spiro atoms. The van der Waals surface area contributed by atoms with Crippen LogP contribution in [0.3, 0.4) is 0 Å². The molecule has 0 aliphatic carbocycles. The molecule has 21 heavy (non-hydrogen) atoms. The quantitative estimate of drug-likeness (QED) is 0.857. The molecule has 0 saturated carbocycles. The van der Waals surface area contributed by atoms with E-state index in [1.54, 1.807) is 11.3 Å². The van der Waals surface area contributed by atoms with E-state index in [0.29, 0.717) is 5.95 Å². The molecule has 2 heterocycles. The molecule has 5 nitrogen and oxygen atoms in total. The molecule has 0 radical (unpaired) electrons. The van der Waals surface area contributed by atoms with Crippen molar-refractivity contribution in [3.05, 3.63) is 28.2 Å². The molecule has 3 N–H and O–H groups in total. The lowest BCUT2D eigenvalue weighted by Gasteiger charge is -2.17. The Bertz CT molecular complexity index is 580. The van der Waals surface area contributed by atoms with Crippen LogP contribution in [0, 0.1) is 0 Å². The van der Waals surface area contributed by atoms with Gasteiger partial charge in [0.15, 0.2) is 11.5 Å².